The summed E-state index contributed by atoms with van der Waals surface area (Å²) in [5, 5.41) is 11.6. The summed E-state index contributed by atoms with van der Waals surface area (Å²) >= 11 is 0. The third kappa shape index (κ3) is 5.57. The molecule has 1 N–H and O–H groups in total. The van der Waals surface area contributed by atoms with Gasteiger partial charge in [-0.2, -0.15) is 0 Å². The number of hydrogen-bond acceptors (Lipinski definition) is 6. The van der Waals surface area contributed by atoms with Crippen LogP contribution in [0.2, 0.25) is 0 Å². The molecule has 0 bridgehead atoms. The highest BCUT2D eigenvalue weighted by Crippen LogP contribution is 2.57. The van der Waals surface area contributed by atoms with Crippen LogP contribution in [0.1, 0.15) is 22.3 Å². The molecule has 1 aliphatic carbocycles. The number of carbonyl (C=O) groups is 1. The van der Waals surface area contributed by atoms with Crippen molar-refractivity contribution in [2.75, 3.05) is 39.6 Å². The quantitative estimate of drug-likeness (QED) is 0.0923. The van der Waals surface area contributed by atoms with Crippen LogP contribution in [-0.2, 0) is 19.7 Å². The minimum atomic E-state index is -0.573. The zero-order valence-electron chi connectivity index (χ0n) is 24.4. The average Bonchev–Trinajstić information content (AvgIpc) is 3.36. The van der Waals surface area contributed by atoms with Crippen LogP contribution in [0.15, 0.2) is 122 Å². The van der Waals surface area contributed by atoms with Gasteiger partial charge in [0.2, 0.25) is 0 Å². The molecule has 44 heavy (non-hydrogen) atoms. The topological polar surface area (TPSA) is 74.2 Å². The van der Waals surface area contributed by atoms with Gasteiger partial charge >= 0.3 is 5.97 Å². The molecule has 0 heterocycles. The van der Waals surface area contributed by atoms with Gasteiger partial charge in [0.25, 0.3) is 0 Å². The third-order valence-electron chi connectivity index (χ3n) is 7.98. The molecule has 222 valence electrons. The Labute approximate surface area is 257 Å². The van der Waals surface area contributed by atoms with Crippen LogP contribution in [0.25, 0.3) is 21.9 Å². The molecule has 6 rings (SSSR count). The van der Waals surface area contributed by atoms with Crippen molar-refractivity contribution in [2.24, 2.45) is 0 Å². The van der Waals surface area contributed by atoms with Gasteiger partial charge in [-0.3, -0.25) is 0 Å². The molecule has 0 amide bonds. The fourth-order valence-electron chi connectivity index (χ4n) is 6.10. The molecule has 6 nitrogen and oxygen atoms in total. The SMILES string of the molecule is C=CC(=O)OCCOCCOc1ccc(C2(c3ccc(OCCO)cc3)c3ccccc3-c3cc4ccccc4cc32)cc1. The van der Waals surface area contributed by atoms with E-state index in [1.807, 2.05) is 24.3 Å². The second kappa shape index (κ2) is 13.2. The monoisotopic (exact) mass is 586 g/mol. The van der Waals surface area contributed by atoms with Crippen LogP contribution in [0.5, 0.6) is 11.5 Å². The maximum Gasteiger partial charge on any atom is 0.330 e. The van der Waals surface area contributed by atoms with E-state index in [2.05, 4.69) is 91.5 Å². The summed E-state index contributed by atoms with van der Waals surface area (Å²) in [4.78, 5) is 11.1. The van der Waals surface area contributed by atoms with Crippen molar-refractivity contribution in [1.82, 2.24) is 0 Å². The van der Waals surface area contributed by atoms with Gasteiger partial charge in [0.15, 0.2) is 0 Å². The minimum Gasteiger partial charge on any atom is -0.491 e. The first-order valence-corrected chi connectivity index (χ1v) is 14.7. The van der Waals surface area contributed by atoms with E-state index in [-0.39, 0.29) is 19.8 Å². The van der Waals surface area contributed by atoms with Gasteiger partial charge in [-0.15, -0.1) is 0 Å². The number of aliphatic hydroxyl groups excluding tert-OH is 1. The zero-order chi connectivity index (χ0) is 30.4. The maximum absolute atomic E-state index is 11.1. The third-order valence-corrected chi connectivity index (χ3v) is 7.98. The molecule has 1 unspecified atom stereocenters. The molecule has 0 aromatic heterocycles. The van der Waals surface area contributed by atoms with Crippen molar-refractivity contribution in [3.05, 3.63) is 144 Å². The number of esters is 1. The number of rotatable bonds is 13. The lowest BCUT2D eigenvalue weighted by Gasteiger charge is -2.34. The number of benzene rings is 5. The summed E-state index contributed by atoms with van der Waals surface area (Å²) in [6.45, 7) is 4.79. The molecule has 0 fully saturated rings. The van der Waals surface area contributed by atoms with Crippen molar-refractivity contribution in [2.45, 2.75) is 5.41 Å². The van der Waals surface area contributed by atoms with E-state index in [1.165, 1.54) is 33.0 Å². The summed E-state index contributed by atoms with van der Waals surface area (Å²) in [6, 6.07) is 38.3. The molecule has 0 radical (unpaired) electrons. The molecule has 5 aromatic carbocycles. The lowest BCUT2D eigenvalue weighted by molar-refractivity contribution is -0.139. The first-order valence-electron chi connectivity index (χ1n) is 14.7. The molecule has 0 saturated heterocycles. The number of ether oxygens (including phenoxy) is 4. The highest BCUT2D eigenvalue weighted by molar-refractivity contribution is 5.95. The van der Waals surface area contributed by atoms with Gasteiger partial charge in [0, 0.05) is 6.08 Å². The van der Waals surface area contributed by atoms with E-state index < -0.39 is 11.4 Å². The number of hydrogen-bond donors (Lipinski definition) is 1. The van der Waals surface area contributed by atoms with Crippen molar-refractivity contribution in [3.63, 3.8) is 0 Å². The van der Waals surface area contributed by atoms with Crippen LogP contribution < -0.4 is 9.47 Å². The summed E-state index contributed by atoms with van der Waals surface area (Å²) in [5.41, 5.74) is 6.54. The molecular formula is C38H34O6. The smallest absolute Gasteiger partial charge is 0.330 e. The first-order chi connectivity index (χ1) is 21.6. The average molecular weight is 587 g/mol. The fourth-order valence-corrected chi connectivity index (χ4v) is 6.10. The summed E-state index contributed by atoms with van der Waals surface area (Å²) in [7, 11) is 0. The van der Waals surface area contributed by atoms with E-state index >= 15 is 0 Å². The molecule has 0 spiro atoms. The molecule has 0 aliphatic heterocycles. The van der Waals surface area contributed by atoms with E-state index in [1.54, 1.807) is 0 Å². The lowest BCUT2D eigenvalue weighted by atomic mass is 9.67. The van der Waals surface area contributed by atoms with E-state index in [9.17, 15) is 9.90 Å². The molecular weight excluding hydrogens is 552 g/mol. The lowest BCUT2D eigenvalue weighted by Crippen LogP contribution is -2.28. The minimum absolute atomic E-state index is 0.0365. The van der Waals surface area contributed by atoms with E-state index in [0.29, 0.717) is 25.6 Å². The Morgan fingerprint density at radius 2 is 1.25 bits per heavy atom. The molecule has 6 heteroatoms. The zero-order valence-corrected chi connectivity index (χ0v) is 24.4. The Balaban J connectivity index is 1.35. The summed E-state index contributed by atoms with van der Waals surface area (Å²) in [5.74, 6) is 0.991. The number of fused-ring (bicyclic) bond motifs is 4. The fraction of sp³-hybridized carbons (Fsp3) is 0.184. The molecule has 1 aliphatic rings. The second-order valence-electron chi connectivity index (χ2n) is 10.5. The normalized spacial score (nSPS) is 14.9. The van der Waals surface area contributed by atoms with Gasteiger partial charge in [-0.05, 0) is 80.6 Å². The van der Waals surface area contributed by atoms with E-state index in [4.69, 9.17) is 18.9 Å². The predicted molar refractivity (Wildman–Crippen MR) is 171 cm³/mol. The highest BCUT2D eigenvalue weighted by Gasteiger charge is 2.46. The van der Waals surface area contributed by atoms with Crippen LogP contribution in [0.4, 0.5) is 0 Å². The van der Waals surface area contributed by atoms with E-state index in [0.717, 1.165) is 23.0 Å². The highest BCUT2D eigenvalue weighted by atomic mass is 16.6. The molecule has 5 aromatic rings. The van der Waals surface area contributed by atoms with Crippen LogP contribution >= 0.6 is 0 Å². The van der Waals surface area contributed by atoms with Gasteiger partial charge in [0.1, 0.15) is 31.3 Å². The second-order valence-corrected chi connectivity index (χ2v) is 10.5. The Morgan fingerprint density at radius 3 is 1.91 bits per heavy atom. The van der Waals surface area contributed by atoms with Crippen LogP contribution in [-0.4, -0.2) is 50.7 Å². The first kappa shape index (κ1) is 29.2. The summed E-state index contributed by atoms with van der Waals surface area (Å²) < 4.78 is 22.1. The predicted octanol–water partition coefficient (Wildman–Crippen LogP) is 6.70. The van der Waals surface area contributed by atoms with Crippen molar-refractivity contribution < 1.29 is 28.8 Å². The maximum atomic E-state index is 11.1. The summed E-state index contributed by atoms with van der Waals surface area (Å²) in [6.07, 6.45) is 1.13. The Hall–Kier alpha value is -4.91. The largest absolute Gasteiger partial charge is 0.491 e. The standard InChI is InChI=1S/C38H34O6/c1-2-37(40)44-24-22-41-21-23-43-32-17-13-30(14-18-32)38(29-11-15-31(16-12-29)42-20-19-39)35-10-6-5-9-33(35)34-25-27-7-3-4-8-28(27)26-36(34)38/h2-18,25-26,39H,1,19-24H2. The van der Waals surface area contributed by atoms with Crippen molar-refractivity contribution >= 4 is 16.7 Å². The van der Waals surface area contributed by atoms with Gasteiger partial charge in [0.05, 0.1) is 25.2 Å². The van der Waals surface area contributed by atoms with Gasteiger partial charge < -0.3 is 24.1 Å². The molecule has 1 atom stereocenters. The van der Waals surface area contributed by atoms with Crippen LogP contribution in [0.3, 0.4) is 0 Å². The van der Waals surface area contributed by atoms with Crippen molar-refractivity contribution in [1.29, 1.82) is 0 Å². The number of aliphatic hydroxyl groups is 1. The Bertz CT molecular complexity index is 1760. The Kier molecular flexibility index (Phi) is 8.73. The van der Waals surface area contributed by atoms with Crippen molar-refractivity contribution in [3.8, 4) is 22.6 Å². The van der Waals surface area contributed by atoms with Gasteiger partial charge in [-0.1, -0.05) is 79.4 Å². The molecule has 0 saturated carbocycles. The van der Waals surface area contributed by atoms with Crippen LogP contribution in [0, 0.1) is 0 Å². The number of carbonyl (C=O) groups excluding carboxylic acids is 1. The van der Waals surface area contributed by atoms with Gasteiger partial charge in [-0.25, -0.2) is 4.79 Å². The Morgan fingerprint density at radius 1 is 0.659 bits per heavy atom.